The van der Waals surface area contributed by atoms with E-state index in [1.54, 1.807) is 23.1 Å². The van der Waals surface area contributed by atoms with Gasteiger partial charge in [-0.1, -0.05) is 36.9 Å². The Bertz CT molecular complexity index is 1240. The van der Waals surface area contributed by atoms with E-state index in [9.17, 15) is 9.59 Å². The Kier molecular flexibility index (Phi) is 5.93. The van der Waals surface area contributed by atoms with E-state index >= 15 is 0 Å². The summed E-state index contributed by atoms with van der Waals surface area (Å²) in [5.41, 5.74) is 2.24. The molecule has 0 bridgehead atoms. The second-order valence-corrected chi connectivity index (χ2v) is 9.67. The van der Waals surface area contributed by atoms with Crippen LogP contribution in [0.2, 0.25) is 0 Å². The Morgan fingerprint density at radius 3 is 2.86 bits per heavy atom. The molecule has 10 heteroatoms. The van der Waals surface area contributed by atoms with Crippen LogP contribution < -0.4 is 10.9 Å². The molecule has 7 nitrogen and oxygen atoms in total. The minimum atomic E-state index is -0.154. The summed E-state index contributed by atoms with van der Waals surface area (Å²) in [6.07, 6.45) is 2.11. The molecule has 0 aliphatic heterocycles. The molecule has 0 saturated heterocycles. The van der Waals surface area contributed by atoms with Gasteiger partial charge in [0.15, 0.2) is 4.34 Å². The van der Waals surface area contributed by atoms with Gasteiger partial charge in [0, 0.05) is 23.9 Å². The molecule has 4 rings (SSSR count). The Labute approximate surface area is 179 Å². The molecule has 0 saturated carbocycles. The number of carbonyl (C=O) groups is 1. The van der Waals surface area contributed by atoms with Gasteiger partial charge in [-0.25, -0.2) is 9.97 Å². The average molecular weight is 446 g/mol. The van der Waals surface area contributed by atoms with Gasteiger partial charge in [0.1, 0.15) is 5.01 Å². The molecule has 0 atom stereocenters. The largest absolute Gasteiger partial charge is 0.326 e. The fraction of sp³-hybridized carbons (Fsp3) is 0.316. The van der Waals surface area contributed by atoms with Crippen molar-refractivity contribution in [1.29, 1.82) is 0 Å². The molecule has 3 aromatic heterocycles. The standard InChI is InChI=1S/C19H19N5O2S3/c1-3-5-15(25)20-11-6-7-13-14(8-11)28-19(22-13)27-10-12-9-17(26)24-18(21-12)29-16(4-2)23-24/h6-9H,3-5,10H2,1-2H3,(H,20,25). The first-order chi connectivity index (χ1) is 14.1. The number of aromatic nitrogens is 4. The third kappa shape index (κ3) is 4.49. The fourth-order valence-corrected chi connectivity index (χ4v) is 5.60. The summed E-state index contributed by atoms with van der Waals surface area (Å²) in [7, 11) is 0. The van der Waals surface area contributed by atoms with E-state index in [0.717, 1.165) is 43.8 Å². The minimum Gasteiger partial charge on any atom is -0.326 e. The van der Waals surface area contributed by atoms with Crippen LogP contribution in [0.25, 0.3) is 15.2 Å². The van der Waals surface area contributed by atoms with Gasteiger partial charge in [-0.3, -0.25) is 9.59 Å². The fourth-order valence-electron chi connectivity index (χ4n) is 2.74. The van der Waals surface area contributed by atoms with Crippen LogP contribution in [-0.4, -0.2) is 25.5 Å². The van der Waals surface area contributed by atoms with Crippen LogP contribution in [0.15, 0.2) is 33.4 Å². The Morgan fingerprint density at radius 1 is 1.21 bits per heavy atom. The van der Waals surface area contributed by atoms with Crippen molar-refractivity contribution in [3.8, 4) is 0 Å². The number of fused-ring (bicyclic) bond motifs is 2. The molecule has 0 radical (unpaired) electrons. The maximum atomic E-state index is 12.3. The first-order valence-electron chi connectivity index (χ1n) is 9.27. The van der Waals surface area contributed by atoms with E-state index in [-0.39, 0.29) is 11.5 Å². The molecule has 0 spiro atoms. The van der Waals surface area contributed by atoms with E-state index in [0.29, 0.717) is 17.1 Å². The first-order valence-corrected chi connectivity index (χ1v) is 11.9. The Morgan fingerprint density at radius 2 is 2.07 bits per heavy atom. The molecular formula is C19H19N5O2S3. The zero-order chi connectivity index (χ0) is 20.4. The normalized spacial score (nSPS) is 11.4. The van der Waals surface area contributed by atoms with Crippen molar-refractivity contribution in [2.75, 3.05) is 5.32 Å². The molecule has 0 aliphatic rings. The highest BCUT2D eigenvalue weighted by molar-refractivity contribution is 8.00. The van der Waals surface area contributed by atoms with Gasteiger partial charge in [0.25, 0.3) is 5.56 Å². The molecule has 1 aromatic carbocycles. The number of aryl methyl sites for hydroxylation is 1. The van der Waals surface area contributed by atoms with Crippen LogP contribution in [0.1, 0.15) is 37.4 Å². The lowest BCUT2D eigenvalue weighted by Crippen LogP contribution is -2.15. The van der Waals surface area contributed by atoms with Crippen molar-refractivity contribution in [2.45, 2.75) is 43.2 Å². The smallest absolute Gasteiger partial charge is 0.275 e. The van der Waals surface area contributed by atoms with E-state index in [2.05, 4.69) is 20.4 Å². The van der Waals surface area contributed by atoms with Crippen LogP contribution in [0.5, 0.6) is 0 Å². The Hall–Kier alpha value is -2.30. The molecule has 3 heterocycles. The van der Waals surface area contributed by atoms with Gasteiger partial charge in [0.2, 0.25) is 10.9 Å². The zero-order valence-corrected chi connectivity index (χ0v) is 18.4. The predicted octanol–water partition coefficient (Wildman–Crippen LogP) is 4.35. The van der Waals surface area contributed by atoms with E-state index in [4.69, 9.17) is 0 Å². The maximum Gasteiger partial charge on any atom is 0.275 e. The van der Waals surface area contributed by atoms with Gasteiger partial charge in [0.05, 0.1) is 15.9 Å². The summed E-state index contributed by atoms with van der Waals surface area (Å²) in [5, 5.41) is 8.08. The molecule has 0 fully saturated rings. The number of hydrogen-bond donors (Lipinski definition) is 1. The van der Waals surface area contributed by atoms with Crippen LogP contribution in [0.4, 0.5) is 5.69 Å². The number of thioether (sulfide) groups is 1. The highest BCUT2D eigenvalue weighted by Gasteiger charge is 2.11. The quantitative estimate of drug-likeness (QED) is 0.425. The third-order valence-electron chi connectivity index (χ3n) is 4.12. The summed E-state index contributed by atoms with van der Waals surface area (Å²) in [4.78, 5) is 33.9. The summed E-state index contributed by atoms with van der Waals surface area (Å²) < 4.78 is 3.28. The van der Waals surface area contributed by atoms with Crippen LogP contribution >= 0.6 is 34.4 Å². The number of anilines is 1. The average Bonchev–Trinajstić information content (AvgIpc) is 3.29. The summed E-state index contributed by atoms with van der Waals surface area (Å²) >= 11 is 4.56. The first kappa shape index (κ1) is 20.0. The number of benzene rings is 1. The van der Waals surface area contributed by atoms with Crippen molar-refractivity contribution in [1.82, 2.24) is 19.6 Å². The number of thiazole rings is 1. The van der Waals surface area contributed by atoms with Gasteiger partial charge < -0.3 is 5.32 Å². The molecule has 1 amide bonds. The van der Waals surface area contributed by atoms with Crippen molar-refractivity contribution in [2.24, 2.45) is 0 Å². The summed E-state index contributed by atoms with van der Waals surface area (Å²) in [6, 6.07) is 7.27. The number of rotatable bonds is 7. The molecule has 150 valence electrons. The molecule has 4 aromatic rings. The van der Waals surface area contributed by atoms with Gasteiger partial charge in [-0.15, -0.1) is 11.3 Å². The monoisotopic (exact) mass is 445 g/mol. The molecule has 0 aliphatic carbocycles. The molecule has 1 N–H and O–H groups in total. The SMILES string of the molecule is CCCC(=O)Nc1ccc2nc(SCc3cc(=O)n4nc(CC)sc4n3)sc2c1. The molecular weight excluding hydrogens is 426 g/mol. The molecule has 0 unspecified atom stereocenters. The minimum absolute atomic E-state index is 0.0213. The topological polar surface area (TPSA) is 89.2 Å². The number of carbonyl (C=O) groups excluding carboxylic acids is 1. The second-order valence-electron chi connectivity index (χ2n) is 6.38. The number of nitrogens with one attached hydrogen (secondary N) is 1. The zero-order valence-electron chi connectivity index (χ0n) is 16.0. The van der Waals surface area contributed by atoms with Crippen molar-refractivity contribution in [3.63, 3.8) is 0 Å². The van der Waals surface area contributed by atoms with E-state index in [1.807, 2.05) is 32.0 Å². The lowest BCUT2D eigenvalue weighted by atomic mass is 10.2. The van der Waals surface area contributed by atoms with E-state index < -0.39 is 0 Å². The van der Waals surface area contributed by atoms with E-state index in [1.165, 1.54) is 21.9 Å². The lowest BCUT2D eigenvalue weighted by Gasteiger charge is -2.03. The van der Waals surface area contributed by atoms with Gasteiger partial charge in [-0.05, 0) is 31.0 Å². The number of nitrogens with zero attached hydrogens (tertiary/aromatic N) is 4. The van der Waals surface area contributed by atoms with Crippen LogP contribution in [0.3, 0.4) is 0 Å². The van der Waals surface area contributed by atoms with Crippen molar-refractivity contribution < 1.29 is 4.79 Å². The number of hydrogen-bond acceptors (Lipinski definition) is 8. The van der Waals surface area contributed by atoms with Gasteiger partial charge >= 0.3 is 0 Å². The maximum absolute atomic E-state index is 12.3. The van der Waals surface area contributed by atoms with Crippen LogP contribution in [0, 0.1) is 0 Å². The Balaban J connectivity index is 1.50. The third-order valence-corrected chi connectivity index (χ3v) is 7.36. The molecule has 29 heavy (non-hydrogen) atoms. The highest BCUT2D eigenvalue weighted by atomic mass is 32.2. The van der Waals surface area contributed by atoms with Crippen molar-refractivity contribution >= 4 is 61.2 Å². The predicted molar refractivity (Wildman–Crippen MR) is 119 cm³/mol. The van der Waals surface area contributed by atoms with Gasteiger partial charge in [-0.2, -0.15) is 9.61 Å². The second kappa shape index (κ2) is 8.60. The lowest BCUT2D eigenvalue weighted by molar-refractivity contribution is -0.116. The highest BCUT2D eigenvalue weighted by Crippen LogP contribution is 2.32. The van der Waals surface area contributed by atoms with Crippen molar-refractivity contribution in [3.05, 3.63) is 45.3 Å². The summed E-state index contributed by atoms with van der Waals surface area (Å²) in [5.74, 6) is 0.582. The number of amides is 1. The van der Waals surface area contributed by atoms with Crippen LogP contribution in [-0.2, 0) is 17.0 Å². The summed E-state index contributed by atoms with van der Waals surface area (Å²) in [6.45, 7) is 3.99.